The van der Waals surface area contributed by atoms with E-state index in [0.717, 1.165) is 25.7 Å². The number of anilines is 2. The predicted molar refractivity (Wildman–Crippen MR) is 138 cm³/mol. The number of halogens is 1. The van der Waals surface area contributed by atoms with Crippen LogP contribution in [-0.4, -0.2) is 29.8 Å². The Morgan fingerprint density at radius 2 is 1.75 bits per heavy atom. The van der Waals surface area contributed by atoms with E-state index >= 15 is 0 Å². The van der Waals surface area contributed by atoms with Crippen LogP contribution in [0.25, 0.3) is 0 Å². The van der Waals surface area contributed by atoms with Gasteiger partial charge in [0.2, 0.25) is 11.8 Å². The Hall–Kier alpha value is -3.26. The summed E-state index contributed by atoms with van der Waals surface area (Å²) >= 11 is 0. The zero-order valence-electron chi connectivity index (χ0n) is 21.1. The number of nitrogens with one attached hydrogen (secondary N) is 2. The molecule has 3 amide bonds. The molecule has 1 aliphatic heterocycles. The molecule has 8 heteroatoms. The summed E-state index contributed by atoms with van der Waals surface area (Å²) < 4.78 is 13.6. The van der Waals surface area contributed by atoms with Crippen LogP contribution >= 0.6 is 0 Å². The number of amides is 3. The van der Waals surface area contributed by atoms with Gasteiger partial charge in [0, 0.05) is 24.1 Å². The van der Waals surface area contributed by atoms with Gasteiger partial charge in [-0.3, -0.25) is 14.4 Å². The summed E-state index contributed by atoms with van der Waals surface area (Å²) in [7, 11) is 0. The van der Waals surface area contributed by atoms with Crippen LogP contribution in [0.3, 0.4) is 0 Å². The smallest absolute Gasteiger partial charge is 0.251 e. The van der Waals surface area contributed by atoms with E-state index in [9.17, 15) is 18.8 Å². The summed E-state index contributed by atoms with van der Waals surface area (Å²) in [5, 5.41) is 5.95. The first-order valence-electron chi connectivity index (χ1n) is 12.6. The SMILES string of the molecule is CC(C)(C)CC(=O)N1c2ccc(C(=O)NC3CCC(N)CC3)cc2NC(=O)CC1c1ccc(F)cc1. The van der Waals surface area contributed by atoms with Gasteiger partial charge in [-0.2, -0.15) is 0 Å². The second kappa shape index (κ2) is 10.4. The highest BCUT2D eigenvalue weighted by Crippen LogP contribution is 2.40. The quantitative estimate of drug-likeness (QED) is 0.574. The van der Waals surface area contributed by atoms with E-state index in [1.807, 2.05) is 20.8 Å². The summed E-state index contributed by atoms with van der Waals surface area (Å²) in [4.78, 5) is 41.2. The lowest BCUT2D eigenvalue weighted by Crippen LogP contribution is -2.40. The molecule has 1 saturated carbocycles. The number of carbonyl (C=O) groups is 3. The van der Waals surface area contributed by atoms with E-state index in [-0.39, 0.29) is 53.9 Å². The van der Waals surface area contributed by atoms with E-state index in [1.54, 1.807) is 35.2 Å². The molecule has 4 N–H and O–H groups in total. The van der Waals surface area contributed by atoms with Crippen molar-refractivity contribution in [3.8, 4) is 0 Å². The molecular formula is C28H35FN4O3. The van der Waals surface area contributed by atoms with Gasteiger partial charge >= 0.3 is 0 Å². The van der Waals surface area contributed by atoms with E-state index < -0.39 is 6.04 Å². The van der Waals surface area contributed by atoms with Crippen LogP contribution in [0.4, 0.5) is 15.8 Å². The Morgan fingerprint density at radius 1 is 1.08 bits per heavy atom. The topological polar surface area (TPSA) is 105 Å². The molecule has 7 nitrogen and oxygen atoms in total. The first kappa shape index (κ1) is 25.8. The lowest BCUT2D eigenvalue weighted by molar-refractivity contribution is -0.121. The maximum atomic E-state index is 13.6. The van der Waals surface area contributed by atoms with Gasteiger partial charge in [0.1, 0.15) is 5.82 Å². The van der Waals surface area contributed by atoms with Crippen molar-refractivity contribution in [2.45, 2.75) is 77.4 Å². The number of benzene rings is 2. The lowest BCUT2D eigenvalue weighted by Gasteiger charge is -2.33. The molecule has 2 aliphatic rings. The fourth-order valence-electron chi connectivity index (χ4n) is 4.95. The zero-order chi connectivity index (χ0) is 26.0. The van der Waals surface area contributed by atoms with Gasteiger partial charge < -0.3 is 21.3 Å². The van der Waals surface area contributed by atoms with Gasteiger partial charge in [0.05, 0.1) is 23.8 Å². The van der Waals surface area contributed by atoms with Gasteiger partial charge in [0.15, 0.2) is 0 Å². The Bertz CT molecular complexity index is 1130. The third-order valence-electron chi connectivity index (χ3n) is 6.79. The maximum absolute atomic E-state index is 13.6. The molecule has 0 radical (unpaired) electrons. The van der Waals surface area contributed by atoms with Crippen LogP contribution in [0, 0.1) is 11.2 Å². The maximum Gasteiger partial charge on any atom is 0.251 e. The Morgan fingerprint density at radius 3 is 2.39 bits per heavy atom. The van der Waals surface area contributed by atoms with E-state index in [4.69, 9.17) is 5.73 Å². The molecule has 0 spiro atoms. The van der Waals surface area contributed by atoms with Gasteiger partial charge in [0.25, 0.3) is 5.91 Å². The fraction of sp³-hybridized carbons (Fsp3) is 0.464. The molecule has 0 aromatic heterocycles. The molecule has 0 bridgehead atoms. The number of nitrogens with two attached hydrogens (primary N) is 1. The molecule has 4 rings (SSSR count). The second-order valence-electron chi connectivity index (χ2n) is 11.1. The molecular weight excluding hydrogens is 459 g/mol. The molecule has 1 heterocycles. The van der Waals surface area contributed by atoms with Crippen molar-refractivity contribution in [2.24, 2.45) is 11.1 Å². The van der Waals surface area contributed by atoms with Gasteiger partial charge in [-0.15, -0.1) is 0 Å². The van der Waals surface area contributed by atoms with Gasteiger partial charge in [-0.25, -0.2) is 4.39 Å². The van der Waals surface area contributed by atoms with Crippen molar-refractivity contribution in [1.82, 2.24) is 5.32 Å². The normalized spacial score (nSPS) is 22.3. The average Bonchev–Trinajstić information content (AvgIpc) is 2.95. The molecule has 1 unspecified atom stereocenters. The van der Waals surface area contributed by atoms with Crippen LogP contribution < -0.4 is 21.3 Å². The number of hydrogen-bond donors (Lipinski definition) is 3. The number of carbonyl (C=O) groups excluding carboxylic acids is 3. The van der Waals surface area contributed by atoms with Crippen LogP contribution in [0.1, 0.15) is 81.3 Å². The summed E-state index contributed by atoms with van der Waals surface area (Å²) in [5.41, 5.74) is 7.70. The number of hydrogen-bond acceptors (Lipinski definition) is 4. The predicted octanol–water partition coefficient (Wildman–Crippen LogP) is 4.68. The monoisotopic (exact) mass is 494 g/mol. The Balaban J connectivity index is 1.68. The molecule has 36 heavy (non-hydrogen) atoms. The zero-order valence-corrected chi connectivity index (χ0v) is 21.1. The van der Waals surface area contributed by atoms with Crippen molar-refractivity contribution >= 4 is 29.1 Å². The minimum absolute atomic E-state index is 0.0139. The third kappa shape index (κ3) is 6.10. The van der Waals surface area contributed by atoms with Crippen LogP contribution in [0.5, 0.6) is 0 Å². The van der Waals surface area contributed by atoms with E-state index in [2.05, 4.69) is 10.6 Å². The standard InChI is InChI=1S/C28H35FN4O3/c1-28(2,3)16-26(35)33-23-13-6-18(27(36)31-21-11-9-20(30)10-12-21)14-22(23)32-25(34)15-24(33)17-4-7-19(29)8-5-17/h4-8,13-14,20-21,24H,9-12,15-16,30H2,1-3H3,(H,31,36)(H,32,34). The molecule has 2 aromatic carbocycles. The summed E-state index contributed by atoms with van der Waals surface area (Å²) in [6.07, 6.45) is 3.69. The summed E-state index contributed by atoms with van der Waals surface area (Å²) in [5.74, 6) is -1.04. The minimum atomic E-state index is -0.604. The molecule has 1 fully saturated rings. The molecule has 1 aliphatic carbocycles. The Kier molecular flexibility index (Phi) is 7.45. The van der Waals surface area contributed by atoms with Crippen molar-refractivity contribution in [3.05, 3.63) is 59.4 Å². The third-order valence-corrected chi connectivity index (χ3v) is 6.79. The largest absolute Gasteiger partial charge is 0.349 e. The van der Waals surface area contributed by atoms with Crippen LogP contribution in [0.2, 0.25) is 0 Å². The summed E-state index contributed by atoms with van der Waals surface area (Å²) in [6.45, 7) is 5.93. The van der Waals surface area contributed by atoms with E-state index in [1.165, 1.54) is 12.1 Å². The first-order valence-corrected chi connectivity index (χ1v) is 12.6. The number of rotatable bonds is 4. The summed E-state index contributed by atoms with van der Waals surface area (Å²) in [6, 6.07) is 10.5. The number of fused-ring (bicyclic) bond motifs is 1. The van der Waals surface area contributed by atoms with E-state index in [0.29, 0.717) is 22.5 Å². The highest BCUT2D eigenvalue weighted by Gasteiger charge is 2.35. The van der Waals surface area contributed by atoms with Gasteiger partial charge in [-0.1, -0.05) is 32.9 Å². The van der Waals surface area contributed by atoms with Crippen molar-refractivity contribution in [1.29, 1.82) is 0 Å². The van der Waals surface area contributed by atoms with Crippen molar-refractivity contribution in [3.63, 3.8) is 0 Å². The minimum Gasteiger partial charge on any atom is -0.349 e. The second-order valence-corrected chi connectivity index (χ2v) is 11.1. The lowest BCUT2D eigenvalue weighted by atomic mass is 9.90. The Labute approximate surface area is 211 Å². The molecule has 0 saturated heterocycles. The van der Waals surface area contributed by atoms with Gasteiger partial charge in [-0.05, 0) is 67.0 Å². The van der Waals surface area contributed by atoms with Crippen LogP contribution in [0.15, 0.2) is 42.5 Å². The average molecular weight is 495 g/mol. The van der Waals surface area contributed by atoms with Crippen LogP contribution in [-0.2, 0) is 9.59 Å². The highest BCUT2D eigenvalue weighted by molar-refractivity contribution is 6.06. The molecule has 192 valence electrons. The molecule has 1 atom stereocenters. The fourth-order valence-corrected chi connectivity index (χ4v) is 4.95. The number of nitrogens with zero attached hydrogens (tertiary/aromatic N) is 1. The molecule has 2 aromatic rings. The first-order chi connectivity index (χ1) is 17.0. The highest BCUT2D eigenvalue weighted by atomic mass is 19.1. The van der Waals surface area contributed by atoms with Crippen molar-refractivity contribution in [2.75, 3.05) is 10.2 Å². The van der Waals surface area contributed by atoms with Crippen molar-refractivity contribution < 1.29 is 18.8 Å².